The highest BCUT2D eigenvalue weighted by molar-refractivity contribution is 5.92. The average molecular weight is 451 g/mol. The molecule has 4 heteroatoms. The van der Waals surface area contributed by atoms with Crippen molar-refractivity contribution in [3.05, 3.63) is 114 Å². The zero-order valence-electron chi connectivity index (χ0n) is 19.6. The Hall–Kier alpha value is -3.50. The van der Waals surface area contributed by atoms with Crippen LogP contribution in [-0.4, -0.2) is 42.1 Å². The molecule has 1 aromatic heterocycles. The summed E-state index contributed by atoms with van der Waals surface area (Å²) in [5.74, 6) is 0.325. The van der Waals surface area contributed by atoms with Crippen molar-refractivity contribution < 1.29 is 9.53 Å². The molecule has 1 saturated heterocycles. The summed E-state index contributed by atoms with van der Waals surface area (Å²) in [5.41, 5.74) is 2.45. The lowest BCUT2D eigenvalue weighted by atomic mass is 9.75. The smallest absolute Gasteiger partial charge is 0.237 e. The number of hydrogen-bond acceptors (Lipinski definition) is 3. The minimum Gasteiger partial charge on any atom is -0.379 e. The molecule has 1 fully saturated rings. The van der Waals surface area contributed by atoms with Crippen molar-refractivity contribution in [1.82, 2.24) is 9.88 Å². The van der Waals surface area contributed by atoms with Crippen LogP contribution in [-0.2, 0) is 21.4 Å². The first-order valence-electron chi connectivity index (χ1n) is 12.0. The Labute approximate surface area is 201 Å². The molecular formula is C30H30N2O2. The van der Waals surface area contributed by atoms with Gasteiger partial charge in [0.15, 0.2) is 0 Å². The van der Waals surface area contributed by atoms with Crippen LogP contribution >= 0.6 is 0 Å². The molecule has 0 bridgehead atoms. The Bertz CT molecular complexity index is 1210. The summed E-state index contributed by atoms with van der Waals surface area (Å²) < 4.78 is 5.98. The molecule has 2 heterocycles. The van der Waals surface area contributed by atoms with Crippen LogP contribution in [0.25, 0.3) is 10.8 Å². The molecule has 1 amide bonds. The SMILES string of the molecule is CC(C(=O)N1CCOC[C@H](Cc2cncc3ccccc23)C1)(c1ccccc1)c1ccccc1. The fourth-order valence-electron chi connectivity index (χ4n) is 5.11. The van der Waals surface area contributed by atoms with E-state index in [1.807, 2.05) is 59.8 Å². The first-order valence-corrected chi connectivity index (χ1v) is 12.0. The van der Waals surface area contributed by atoms with Gasteiger partial charge in [-0.2, -0.15) is 0 Å². The van der Waals surface area contributed by atoms with Gasteiger partial charge in [0.2, 0.25) is 5.91 Å². The number of rotatable bonds is 5. The van der Waals surface area contributed by atoms with Crippen LogP contribution < -0.4 is 0 Å². The van der Waals surface area contributed by atoms with E-state index >= 15 is 0 Å². The molecule has 3 aromatic carbocycles. The molecule has 34 heavy (non-hydrogen) atoms. The van der Waals surface area contributed by atoms with Gasteiger partial charge in [0, 0.05) is 36.8 Å². The predicted octanol–water partition coefficient (Wildman–Crippen LogP) is 5.26. The summed E-state index contributed by atoms with van der Waals surface area (Å²) in [6, 6.07) is 28.6. The second-order valence-electron chi connectivity index (χ2n) is 9.27. The number of benzene rings is 3. The zero-order valence-corrected chi connectivity index (χ0v) is 19.6. The maximum atomic E-state index is 14.2. The molecule has 1 aliphatic heterocycles. The second-order valence-corrected chi connectivity index (χ2v) is 9.27. The van der Waals surface area contributed by atoms with Crippen molar-refractivity contribution >= 4 is 16.7 Å². The number of carbonyl (C=O) groups is 1. The van der Waals surface area contributed by atoms with Gasteiger partial charge in [-0.15, -0.1) is 0 Å². The molecule has 0 aliphatic carbocycles. The summed E-state index contributed by atoms with van der Waals surface area (Å²) >= 11 is 0. The monoisotopic (exact) mass is 450 g/mol. The van der Waals surface area contributed by atoms with Gasteiger partial charge in [-0.05, 0) is 35.4 Å². The highest BCUT2D eigenvalue weighted by atomic mass is 16.5. The molecule has 1 aliphatic rings. The molecule has 1 atom stereocenters. The average Bonchev–Trinajstić information content (AvgIpc) is 3.14. The Morgan fingerprint density at radius 3 is 2.29 bits per heavy atom. The van der Waals surface area contributed by atoms with Crippen LogP contribution in [0.1, 0.15) is 23.6 Å². The molecule has 4 nitrogen and oxygen atoms in total. The van der Waals surface area contributed by atoms with Crippen molar-refractivity contribution in [2.24, 2.45) is 5.92 Å². The van der Waals surface area contributed by atoms with Gasteiger partial charge >= 0.3 is 0 Å². The van der Waals surface area contributed by atoms with Crippen LogP contribution in [0.3, 0.4) is 0 Å². The summed E-state index contributed by atoms with van der Waals surface area (Å²) in [4.78, 5) is 20.7. The van der Waals surface area contributed by atoms with Crippen LogP contribution in [0.5, 0.6) is 0 Å². The second kappa shape index (κ2) is 9.78. The van der Waals surface area contributed by atoms with E-state index in [2.05, 4.69) is 54.4 Å². The van der Waals surface area contributed by atoms with E-state index in [-0.39, 0.29) is 11.8 Å². The van der Waals surface area contributed by atoms with Crippen LogP contribution in [0.2, 0.25) is 0 Å². The number of aromatic nitrogens is 1. The van der Waals surface area contributed by atoms with Crippen molar-refractivity contribution in [2.75, 3.05) is 26.3 Å². The number of hydrogen-bond donors (Lipinski definition) is 0. The van der Waals surface area contributed by atoms with Crippen molar-refractivity contribution in [2.45, 2.75) is 18.8 Å². The van der Waals surface area contributed by atoms with Crippen LogP contribution in [0, 0.1) is 5.92 Å². The third-order valence-electron chi connectivity index (χ3n) is 7.01. The maximum Gasteiger partial charge on any atom is 0.237 e. The topological polar surface area (TPSA) is 42.4 Å². The summed E-state index contributed by atoms with van der Waals surface area (Å²) in [7, 11) is 0. The number of nitrogens with zero attached hydrogens (tertiary/aromatic N) is 2. The quantitative estimate of drug-likeness (QED) is 0.417. The molecule has 0 spiro atoms. The van der Waals surface area contributed by atoms with Gasteiger partial charge in [0.25, 0.3) is 0 Å². The van der Waals surface area contributed by atoms with Gasteiger partial charge in [-0.1, -0.05) is 84.9 Å². The highest BCUT2D eigenvalue weighted by Crippen LogP contribution is 2.35. The van der Waals surface area contributed by atoms with E-state index in [9.17, 15) is 4.79 Å². The molecule has 5 rings (SSSR count). The fraction of sp³-hybridized carbons (Fsp3) is 0.267. The highest BCUT2D eigenvalue weighted by Gasteiger charge is 2.41. The minimum absolute atomic E-state index is 0.122. The molecule has 0 unspecified atom stereocenters. The van der Waals surface area contributed by atoms with Crippen molar-refractivity contribution in [3.63, 3.8) is 0 Å². The van der Waals surface area contributed by atoms with Gasteiger partial charge in [0.05, 0.1) is 18.6 Å². The molecule has 172 valence electrons. The predicted molar refractivity (Wildman–Crippen MR) is 136 cm³/mol. The summed E-state index contributed by atoms with van der Waals surface area (Å²) in [6.07, 6.45) is 4.69. The van der Waals surface area contributed by atoms with Gasteiger partial charge < -0.3 is 9.64 Å². The molecular weight excluding hydrogens is 420 g/mol. The summed E-state index contributed by atoms with van der Waals surface area (Å²) in [6.45, 7) is 4.50. The number of pyridine rings is 1. The van der Waals surface area contributed by atoms with Crippen LogP contribution in [0.4, 0.5) is 0 Å². The Morgan fingerprint density at radius 1 is 0.941 bits per heavy atom. The van der Waals surface area contributed by atoms with E-state index in [1.54, 1.807) is 0 Å². The van der Waals surface area contributed by atoms with Gasteiger partial charge in [0.1, 0.15) is 0 Å². The number of fused-ring (bicyclic) bond motifs is 1. The van der Waals surface area contributed by atoms with Crippen molar-refractivity contribution in [3.8, 4) is 0 Å². The van der Waals surface area contributed by atoms with E-state index in [4.69, 9.17) is 4.74 Å². The van der Waals surface area contributed by atoms with E-state index < -0.39 is 5.41 Å². The Morgan fingerprint density at radius 2 is 1.59 bits per heavy atom. The van der Waals surface area contributed by atoms with Crippen LogP contribution in [0.15, 0.2) is 97.3 Å². The molecule has 0 radical (unpaired) electrons. The third-order valence-corrected chi connectivity index (χ3v) is 7.01. The van der Waals surface area contributed by atoms with Gasteiger partial charge in [-0.25, -0.2) is 0 Å². The fourth-order valence-corrected chi connectivity index (χ4v) is 5.11. The third kappa shape index (κ3) is 4.34. The van der Waals surface area contributed by atoms with Crippen molar-refractivity contribution in [1.29, 1.82) is 0 Å². The lowest BCUT2D eigenvalue weighted by Crippen LogP contribution is -2.48. The number of amides is 1. The first-order chi connectivity index (χ1) is 16.7. The molecule has 0 N–H and O–H groups in total. The van der Waals surface area contributed by atoms with E-state index in [1.165, 1.54) is 10.9 Å². The number of carbonyl (C=O) groups excluding carboxylic acids is 1. The zero-order chi connectivity index (χ0) is 23.4. The first kappa shape index (κ1) is 22.3. The minimum atomic E-state index is -0.765. The Balaban J connectivity index is 1.45. The lowest BCUT2D eigenvalue weighted by Gasteiger charge is -2.36. The normalized spacial score (nSPS) is 16.9. The lowest BCUT2D eigenvalue weighted by molar-refractivity contribution is -0.135. The molecule has 4 aromatic rings. The van der Waals surface area contributed by atoms with Gasteiger partial charge in [-0.3, -0.25) is 9.78 Å². The van der Waals surface area contributed by atoms with E-state index in [0.717, 1.165) is 22.9 Å². The standard InChI is InChI=1S/C30H30N2O2/c1-30(26-11-4-2-5-12-26,27-13-6-3-7-14-27)29(33)32-16-17-34-22-23(21-32)18-25-20-31-19-24-10-8-9-15-28(24)25/h2-15,19-20,23H,16-18,21-22H2,1H3/t23-/m1/s1. The largest absolute Gasteiger partial charge is 0.379 e. The maximum absolute atomic E-state index is 14.2. The van der Waals surface area contributed by atoms with E-state index in [0.29, 0.717) is 26.3 Å². The molecule has 0 saturated carbocycles. The Kier molecular flexibility index (Phi) is 6.41. The number of ether oxygens (including phenoxy) is 1. The summed E-state index contributed by atoms with van der Waals surface area (Å²) in [5, 5.41) is 2.36.